The third kappa shape index (κ3) is 0.565. The Hall–Kier alpha value is -0.0800. The summed E-state index contributed by atoms with van der Waals surface area (Å²) in [4.78, 5) is 2.49. The summed E-state index contributed by atoms with van der Waals surface area (Å²) in [5, 5.41) is 3.39. The number of nitrogens with one attached hydrogen (secondary N) is 1. The second-order valence-corrected chi connectivity index (χ2v) is 2.73. The number of rotatable bonds is 1. The summed E-state index contributed by atoms with van der Waals surface area (Å²) in [6.07, 6.45) is 0. The first-order valence-electron chi connectivity index (χ1n) is 3.38. The van der Waals surface area contributed by atoms with Crippen LogP contribution in [0, 0.1) is 0 Å². The van der Waals surface area contributed by atoms with Gasteiger partial charge in [0.2, 0.25) is 0 Å². The topological polar surface area (TPSA) is 25.2 Å². The molecule has 0 aromatic heterocycles. The van der Waals surface area contributed by atoms with E-state index in [2.05, 4.69) is 17.1 Å². The third-order valence-electron chi connectivity index (χ3n) is 2.16. The van der Waals surface area contributed by atoms with Crippen LogP contribution in [0.1, 0.15) is 6.92 Å². The van der Waals surface area contributed by atoms with Gasteiger partial charge >= 0.3 is 0 Å². The number of likely N-dealkylation sites (N-methyl/N-ethyl adjacent to an activating group) is 1. The van der Waals surface area contributed by atoms with Crippen molar-refractivity contribution in [1.29, 1.82) is 0 Å². The van der Waals surface area contributed by atoms with Gasteiger partial charge in [-0.05, 0) is 6.54 Å². The molecule has 2 nitrogen and oxygen atoms in total. The molecule has 0 bridgehead atoms. The number of fused-ring (bicyclic) bond motifs is 1. The van der Waals surface area contributed by atoms with Gasteiger partial charge in [-0.2, -0.15) is 0 Å². The van der Waals surface area contributed by atoms with Crippen molar-refractivity contribution in [2.75, 3.05) is 19.6 Å². The van der Waals surface area contributed by atoms with Gasteiger partial charge in [0.05, 0.1) is 0 Å². The van der Waals surface area contributed by atoms with E-state index in [4.69, 9.17) is 0 Å². The summed E-state index contributed by atoms with van der Waals surface area (Å²) in [5.74, 6) is 0. The van der Waals surface area contributed by atoms with Gasteiger partial charge in [0.1, 0.15) is 0 Å². The molecule has 2 fully saturated rings. The Morgan fingerprint density at radius 3 is 2.50 bits per heavy atom. The van der Waals surface area contributed by atoms with Gasteiger partial charge in [0.25, 0.3) is 0 Å². The zero-order valence-corrected chi connectivity index (χ0v) is 5.22. The minimum atomic E-state index is 0.870. The van der Waals surface area contributed by atoms with Crippen LogP contribution in [0.3, 0.4) is 0 Å². The van der Waals surface area contributed by atoms with Crippen molar-refractivity contribution >= 4 is 0 Å². The quantitative estimate of drug-likeness (QED) is 0.469. The van der Waals surface area contributed by atoms with Crippen LogP contribution in [0.15, 0.2) is 0 Å². The first-order valence-corrected chi connectivity index (χ1v) is 3.38. The highest BCUT2D eigenvalue weighted by Crippen LogP contribution is 2.20. The van der Waals surface area contributed by atoms with Crippen LogP contribution in [0.2, 0.25) is 0 Å². The number of piperazine rings is 1. The van der Waals surface area contributed by atoms with Gasteiger partial charge in [-0.1, -0.05) is 6.92 Å². The van der Waals surface area contributed by atoms with Crippen LogP contribution in [-0.2, 0) is 0 Å². The largest absolute Gasteiger partial charge is 0.306 e. The third-order valence-corrected chi connectivity index (χ3v) is 2.16. The summed E-state index contributed by atoms with van der Waals surface area (Å²) in [7, 11) is 0. The molecule has 0 spiro atoms. The summed E-state index contributed by atoms with van der Waals surface area (Å²) < 4.78 is 0. The molecule has 0 radical (unpaired) electrons. The van der Waals surface area contributed by atoms with Gasteiger partial charge in [-0.15, -0.1) is 0 Å². The van der Waals surface area contributed by atoms with E-state index in [0.29, 0.717) is 0 Å². The highest BCUT2D eigenvalue weighted by atomic mass is 15.3. The molecule has 2 rings (SSSR count). The van der Waals surface area contributed by atoms with E-state index in [1.807, 2.05) is 0 Å². The monoisotopic (exact) mass is 112 g/mol. The number of likely N-dealkylation sites (tertiary alicyclic amines) is 1. The van der Waals surface area contributed by atoms with Crippen molar-refractivity contribution in [3.05, 3.63) is 0 Å². The number of nitrogens with zero attached hydrogens (tertiary/aromatic N) is 1. The molecule has 46 valence electrons. The molecule has 0 saturated carbocycles. The van der Waals surface area contributed by atoms with Crippen molar-refractivity contribution in [3.63, 3.8) is 0 Å². The van der Waals surface area contributed by atoms with Gasteiger partial charge in [0, 0.05) is 25.2 Å². The van der Waals surface area contributed by atoms with Crippen molar-refractivity contribution < 1.29 is 0 Å². The maximum absolute atomic E-state index is 3.39. The van der Waals surface area contributed by atoms with Crippen LogP contribution in [0.25, 0.3) is 0 Å². The van der Waals surface area contributed by atoms with E-state index >= 15 is 0 Å². The second kappa shape index (κ2) is 1.45. The van der Waals surface area contributed by atoms with E-state index in [0.717, 1.165) is 12.1 Å². The van der Waals surface area contributed by atoms with Gasteiger partial charge in [0.15, 0.2) is 0 Å². The fourth-order valence-electron chi connectivity index (χ4n) is 1.47. The zero-order chi connectivity index (χ0) is 5.56. The predicted octanol–water partition coefficient (Wildman–Crippen LogP) is -0.338. The Morgan fingerprint density at radius 1 is 1.50 bits per heavy atom. The van der Waals surface area contributed by atoms with Crippen LogP contribution in [-0.4, -0.2) is 36.6 Å². The summed E-state index contributed by atoms with van der Waals surface area (Å²) in [6.45, 7) is 6.04. The molecule has 2 aliphatic rings. The standard InChI is InChI=1S/C6H12N2/c1-2-8-3-5-6(4-8)7-5/h5-7H,2-4H2,1H3. The van der Waals surface area contributed by atoms with Crippen LogP contribution >= 0.6 is 0 Å². The molecule has 0 aromatic rings. The second-order valence-electron chi connectivity index (χ2n) is 2.73. The number of hydrogen-bond donors (Lipinski definition) is 1. The summed E-state index contributed by atoms with van der Waals surface area (Å²) in [5.41, 5.74) is 0. The fourth-order valence-corrected chi connectivity index (χ4v) is 1.47. The van der Waals surface area contributed by atoms with Gasteiger partial charge < -0.3 is 10.2 Å². The molecular weight excluding hydrogens is 100 g/mol. The summed E-state index contributed by atoms with van der Waals surface area (Å²) >= 11 is 0. The summed E-state index contributed by atoms with van der Waals surface area (Å²) in [6, 6.07) is 1.74. The molecule has 0 amide bonds. The lowest BCUT2D eigenvalue weighted by molar-refractivity contribution is 0.328. The molecule has 2 heteroatoms. The van der Waals surface area contributed by atoms with Crippen LogP contribution < -0.4 is 5.32 Å². The SMILES string of the molecule is CCN1CC2NC2C1. The van der Waals surface area contributed by atoms with Crippen molar-refractivity contribution in [2.24, 2.45) is 0 Å². The average Bonchev–Trinajstić information content (AvgIpc) is 2.40. The van der Waals surface area contributed by atoms with E-state index in [9.17, 15) is 0 Å². The van der Waals surface area contributed by atoms with Crippen molar-refractivity contribution in [1.82, 2.24) is 10.2 Å². The highest BCUT2D eigenvalue weighted by Gasteiger charge is 2.43. The molecule has 0 aliphatic carbocycles. The molecule has 1 N–H and O–H groups in total. The van der Waals surface area contributed by atoms with Gasteiger partial charge in [-0.25, -0.2) is 0 Å². The predicted molar refractivity (Wildman–Crippen MR) is 32.8 cm³/mol. The minimum absolute atomic E-state index is 0.870. The normalized spacial score (nSPS) is 44.6. The maximum atomic E-state index is 3.39. The van der Waals surface area contributed by atoms with Crippen LogP contribution in [0.5, 0.6) is 0 Å². The smallest absolute Gasteiger partial charge is 0.0365 e. The molecule has 2 unspecified atom stereocenters. The van der Waals surface area contributed by atoms with Crippen molar-refractivity contribution in [3.8, 4) is 0 Å². The first-order chi connectivity index (χ1) is 3.90. The van der Waals surface area contributed by atoms with E-state index < -0.39 is 0 Å². The highest BCUT2D eigenvalue weighted by molar-refractivity contribution is 5.06. The molecule has 2 heterocycles. The van der Waals surface area contributed by atoms with E-state index in [-0.39, 0.29) is 0 Å². The number of hydrogen-bond acceptors (Lipinski definition) is 2. The van der Waals surface area contributed by atoms with E-state index in [1.165, 1.54) is 19.6 Å². The maximum Gasteiger partial charge on any atom is 0.0365 e. The molecular formula is C6H12N2. The first kappa shape index (κ1) is 4.77. The van der Waals surface area contributed by atoms with Gasteiger partial charge in [-0.3, -0.25) is 0 Å². The molecule has 2 aliphatic heterocycles. The Morgan fingerprint density at radius 2 is 2.12 bits per heavy atom. The van der Waals surface area contributed by atoms with E-state index in [1.54, 1.807) is 0 Å². The van der Waals surface area contributed by atoms with Crippen molar-refractivity contribution in [2.45, 2.75) is 19.0 Å². The Labute approximate surface area is 49.9 Å². The lowest BCUT2D eigenvalue weighted by Crippen LogP contribution is -2.26. The Balaban J connectivity index is 1.89. The molecule has 2 saturated heterocycles. The lowest BCUT2D eigenvalue weighted by Gasteiger charge is -2.12. The molecule has 8 heavy (non-hydrogen) atoms. The fraction of sp³-hybridized carbons (Fsp3) is 1.00. The Bertz CT molecular complexity index is 92.7. The Kier molecular flexibility index (Phi) is 0.866. The molecule has 2 atom stereocenters. The molecule has 0 aromatic carbocycles. The zero-order valence-electron chi connectivity index (χ0n) is 5.22. The minimum Gasteiger partial charge on any atom is -0.306 e. The lowest BCUT2D eigenvalue weighted by atomic mass is 10.4. The van der Waals surface area contributed by atoms with Crippen LogP contribution in [0.4, 0.5) is 0 Å². The average molecular weight is 112 g/mol.